The van der Waals surface area contributed by atoms with Gasteiger partial charge in [0.15, 0.2) is 11.5 Å². The zero-order valence-corrected chi connectivity index (χ0v) is 18.2. The minimum Gasteiger partial charge on any atom is -0.490 e. The third kappa shape index (κ3) is 5.44. The van der Waals surface area contributed by atoms with Crippen LogP contribution in [0, 0.1) is 13.8 Å². The van der Waals surface area contributed by atoms with Crippen LogP contribution in [0.1, 0.15) is 34.7 Å². The van der Waals surface area contributed by atoms with Gasteiger partial charge in [-0.2, -0.15) is 0 Å². The van der Waals surface area contributed by atoms with E-state index in [1.165, 1.54) is 11.1 Å². The molecule has 0 saturated carbocycles. The molecule has 30 heavy (non-hydrogen) atoms. The van der Waals surface area contributed by atoms with E-state index in [4.69, 9.17) is 9.47 Å². The van der Waals surface area contributed by atoms with Crippen molar-refractivity contribution < 1.29 is 9.47 Å². The Balaban J connectivity index is 1.85. The van der Waals surface area contributed by atoms with Crippen LogP contribution in [0.15, 0.2) is 73.3 Å². The Morgan fingerprint density at radius 3 is 2.47 bits per heavy atom. The van der Waals surface area contributed by atoms with E-state index in [9.17, 15) is 0 Å². The zero-order chi connectivity index (χ0) is 21.3. The highest BCUT2D eigenvalue weighted by molar-refractivity contribution is 5.55. The molecule has 0 aromatic heterocycles. The Bertz CT molecular complexity index is 980. The van der Waals surface area contributed by atoms with E-state index in [0.717, 1.165) is 40.3 Å². The third-order valence-electron chi connectivity index (χ3n) is 5.17. The lowest BCUT2D eigenvalue weighted by Crippen LogP contribution is -2.06. The van der Waals surface area contributed by atoms with Crippen molar-refractivity contribution in [1.29, 1.82) is 0 Å². The number of allylic oxidation sites excluding steroid dienone is 1. The van der Waals surface area contributed by atoms with Crippen molar-refractivity contribution >= 4 is 5.69 Å². The minimum atomic E-state index is 0.505. The van der Waals surface area contributed by atoms with E-state index in [0.29, 0.717) is 19.8 Å². The lowest BCUT2D eigenvalue weighted by Gasteiger charge is -2.18. The first kappa shape index (κ1) is 21.5. The largest absolute Gasteiger partial charge is 0.490 e. The van der Waals surface area contributed by atoms with Gasteiger partial charge in [-0.05, 0) is 67.6 Å². The molecule has 0 aliphatic carbocycles. The maximum absolute atomic E-state index is 6.22. The molecule has 0 unspecified atom stereocenters. The summed E-state index contributed by atoms with van der Waals surface area (Å²) < 4.78 is 12.2. The number of ether oxygens (including phenoxy) is 2. The van der Waals surface area contributed by atoms with Gasteiger partial charge in [-0.15, -0.1) is 6.58 Å². The van der Waals surface area contributed by atoms with Crippen LogP contribution in [0.2, 0.25) is 0 Å². The van der Waals surface area contributed by atoms with Crippen LogP contribution in [0.4, 0.5) is 5.69 Å². The molecule has 0 saturated heterocycles. The van der Waals surface area contributed by atoms with Crippen LogP contribution in [0.3, 0.4) is 0 Å². The van der Waals surface area contributed by atoms with Crippen molar-refractivity contribution in [3.8, 4) is 11.5 Å². The van der Waals surface area contributed by atoms with Crippen molar-refractivity contribution in [1.82, 2.24) is 0 Å². The highest BCUT2D eigenvalue weighted by Gasteiger charge is 2.14. The second-order valence-corrected chi connectivity index (χ2v) is 7.38. The van der Waals surface area contributed by atoms with Crippen molar-refractivity contribution in [2.75, 3.05) is 11.9 Å². The summed E-state index contributed by atoms with van der Waals surface area (Å²) in [6.45, 7) is 12.0. The maximum atomic E-state index is 6.22. The zero-order valence-electron chi connectivity index (χ0n) is 18.2. The fourth-order valence-electron chi connectivity index (χ4n) is 3.43. The van der Waals surface area contributed by atoms with Gasteiger partial charge >= 0.3 is 0 Å². The van der Waals surface area contributed by atoms with E-state index in [1.54, 1.807) is 0 Å². The summed E-state index contributed by atoms with van der Waals surface area (Å²) in [5.74, 6) is 1.58. The molecule has 0 amide bonds. The summed E-state index contributed by atoms with van der Waals surface area (Å²) >= 11 is 0. The van der Waals surface area contributed by atoms with Crippen molar-refractivity contribution in [3.63, 3.8) is 0 Å². The summed E-state index contributed by atoms with van der Waals surface area (Å²) in [5.41, 5.74) is 7.09. The predicted octanol–water partition coefficient (Wildman–Crippen LogP) is 6.62. The maximum Gasteiger partial charge on any atom is 0.165 e. The fraction of sp³-hybridized carbons (Fsp3) is 0.259. The summed E-state index contributed by atoms with van der Waals surface area (Å²) in [7, 11) is 0. The third-order valence-corrected chi connectivity index (χ3v) is 5.17. The van der Waals surface area contributed by atoms with E-state index in [2.05, 4.69) is 68.2 Å². The standard InChI is InChI=1S/C27H31NO2/c1-5-11-24-16-23(18-28-25-15-10-12-20(3)21(25)4)17-26(29-6-2)27(24)30-19-22-13-8-7-9-14-22/h5,7-10,12-17,28H,1,6,11,18-19H2,2-4H3. The van der Waals surface area contributed by atoms with E-state index in [-0.39, 0.29) is 0 Å². The average Bonchev–Trinajstić information content (AvgIpc) is 2.75. The SMILES string of the molecule is C=CCc1cc(CNc2cccc(C)c2C)cc(OCC)c1OCc1ccccc1. The molecule has 3 rings (SSSR count). The monoisotopic (exact) mass is 401 g/mol. The Hall–Kier alpha value is -3.20. The number of nitrogens with one attached hydrogen (secondary N) is 1. The topological polar surface area (TPSA) is 30.5 Å². The van der Waals surface area contributed by atoms with Crippen LogP contribution in [0.25, 0.3) is 0 Å². The van der Waals surface area contributed by atoms with Gasteiger partial charge in [-0.3, -0.25) is 0 Å². The minimum absolute atomic E-state index is 0.505. The first-order valence-corrected chi connectivity index (χ1v) is 10.5. The number of benzene rings is 3. The van der Waals surface area contributed by atoms with Gasteiger partial charge in [0.05, 0.1) is 6.61 Å². The first-order valence-electron chi connectivity index (χ1n) is 10.5. The Morgan fingerprint density at radius 2 is 1.73 bits per heavy atom. The second kappa shape index (κ2) is 10.5. The van der Waals surface area contributed by atoms with Crippen LogP contribution in [0.5, 0.6) is 11.5 Å². The molecule has 3 heteroatoms. The van der Waals surface area contributed by atoms with Gasteiger partial charge in [-0.25, -0.2) is 0 Å². The predicted molar refractivity (Wildman–Crippen MR) is 126 cm³/mol. The molecule has 0 aliphatic heterocycles. The number of rotatable bonds is 10. The molecule has 0 heterocycles. The lowest BCUT2D eigenvalue weighted by molar-refractivity contribution is 0.267. The molecule has 3 aromatic rings. The molecular weight excluding hydrogens is 370 g/mol. The number of anilines is 1. The highest BCUT2D eigenvalue weighted by atomic mass is 16.5. The van der Waals surface area contributed by atoms with Gasteiger partial charge in [-0.1, -0.05) is 48.5 Å². The number of hydrogen-bond donors (Lipinski definition) is 1. The van der Waals surface area contributed by atoms with Gasteiger partial charge in [0.1, 0.15) is 6.61 Å². The van der Waals surface area contributed by atoms with Crippen LogP contribution in [-0.2, 0) is 19.6 Å². The summed E-state index contributed by atoms with van der Waals surface area (Å²) in [6, 6.07) is 20.8. The van der Waals surface area contributed by atoms with Crippen LogP contribution >= 0.6 is 0 Å². The molecular formula is C27H31NO2. The molecule has 0 radical (unpaired) electrons. The van der Waals surface area contributed by atoms with Gasteiger partial charge in [0.2, 0.25) is 0 Å². The highest BCUT2D eigenvalue weighted by Crippen LogP contribution is 2.35. The molecule has 0 atom stereocenters. The Morgan fingerprint density at radius 1 is 0.933 bits per heavy atom. The van der Waals surface area contributed by atoms with Gasteiger partial charge < -0.3 is 14.8 Å². The van der Waals surface area contributed by atoms with E-state index >= 15 is 0 Å². The van der Waals surface area contributed by atoms with E-state index < -0.39 is 0 Å². The molecule has 156 valence electrons. The average molecular weight is 402 g/mol. The molecule has 0 bridgehead atoms. The Labute approximate surface area is 180 Å². The fourth-order valence-corrected chi connectivity index (χ4v) is 3.43. The normalized spacial score (nSPS) is 10.5. The Kier molecular flexibility index (Phi) is 7.56. The number of aryl methyl sites for hydroxylation is 1. The summed E-state index contributed by atoms with van der Waals surface area (Å²) in [5, 5.41) is 3.56. The van der Waals surface area contributed by atoms with Crippen molar-refractivity contribution in [2.24, 2.45) is 0 Å². The quantitative estimate of drug-likeness (QED) is 0.387. The smallest absolute Gasteiger partial charge is 0.165 e. The van der Waals surface area contributed by atoms with Crippen LogP contribution in [-0.4, -0.2) is 6.61 Å². The summed E-state index contributed by atoms with van der Waals surface area (Å²) in [4.78, 5) is 0. The van der Waals surface area contributed by atoms with E-state index in [1.807, 2.05) is 31.2 Å². The van der Waals surface area contributed by atoms with Crippen LogP contribution < -0.4 is 14.8 Å². The molecule has 1 N–H and O–H groups in total. The first-order chi connectivity index (χ1) is 14.6. The van der Waals surface area contributed by atoms with Crippen molar-refractivity contribution in [2.45, 2.75) is 40.3 Å². The molecule has 0 aliphatic rings. The van der Waals surface area contributed by atoms with Gasteiger partial charge in [0, 0.05) is 17.8 Å². The lowest BCUT2D eigenvalue weighted by atomic mass is 10.0. The second-order valence-electron chi connectivity index (χ2n) is 7.38. The summed E-state index contributed by atoms with van der Waals surface area (Å²) in [6.07, 6.45) is 2.63. The molecule has 3 nitrogen and oxygen atoms in total. The van der Waals surface area contributed by atoms with Gasteiger partial charge in [0.25, 0.3) is 0 Å². The molecule has 3 aromatic carbocycles. The van der Waals surface area contributed by atoms with Crippen molar-refractivity contribution in [3.05, 3.63) is 101 Å². The molecule has 0 spiro atoms. The molecule has 0 fully saturated rings. The number of hydrogen-bond acceptors (Lipinski definition) is 3.